The van der Waals surface area contributed by atoms with Crippen molar-refractivity contribution >= 4 is 11.9 Å². The zero-order valence-electron chi connectivity index (χ0n) is 14.1. The summed E-state index contributed by atoms with van der Waals surface area (Å²) < 4.78 is 88.3. The number of methoxy groups -OCH3 is 2. The SMILES string of the molecule is COC(=O)c1c(C(F)(F)F)nc(C(F)(F)F)c(C(=O)OC)c1CC(C)C. The van der Waals surface area contributed by atoms with Gasteiger partial charge in [-0.2, -0.15) is 26.3 Å². The van der Waals surface area contributed by atoms with E-state index in [-0.39, 0.29) is 0 Å². The molecule has 146 valence electrons. The van der Waals surface area contributed by atoms with Crippen molar-refractivity contribution in [1.29, 1.82) is 0 Å². The fourth-order valence-corrected chi connectivity index (χ4v) is 2.30. The van der Waals surface area contributed by atoms with Crippen molar-refractivity contribution in [1.82, 2.24) is 4.98 Å². The van der Waals surface area contributed by atoms with Gasteiger partial charge in [-0.1, -0.05) is 13.8 Å². The smallest absolute Gasteiger partial charge is 0.434 e. The molecule has 26 heavy (non-hydrogen) atoms. The van der Waals surface area contributed by atoms with Crippen molar-refractivity contribution in [3.05, 3.63) is 28.1 Å². The Morgan fingerprint density at radius 2 is 1.23 bits per heavy atom. The molecule has 0 N–H and O–H groups in total. The normalized spacial score (nSPS) is 12.3. The standard InChI is InChI=1S/C15H15F6NO4/c1-6(2)5-7-8(12(23)25-3)10(14(16,17)18)22-11(15(19,20)21)9(7)13(24)26-4/h6H,5H2,1-4H3. The van der Waals surface area contributed by atoms with Crippen LogP contribution >= 0.6 is 0 Å². The molecule has 0 aromatic carbocycles. The first-order valence-electron chi connectivity index (χ1n) is 7.13. The molecule has 1 aromatic heterocycles. The largest absolute Gasteiger partial charge is 0.465 e. The number of carbonyl (C=O) groups is 2. The van der Waals surface area contributed by atoms with Crippen LogP contribution in [0, 0.1) is 5.92 Å². The number of ether oxygens (including phenoxy) is 2. The number of nitrogens with zero attached hydrogens (tertiary/aromatic N) is 1. The highest BCUT2D eigenvalue weighted by Gasteiger charge is 2.47. The van der Waals surface area contributed by atoms with Crippen molar-refractivity contribution in [2.24, 2.45) is 5.92 Å². The van der Waals surface area contributed by atoms with Crippen molar-refractivity contribution in [3.8, 4) is 0 Å². The average molecular weight is 387 g/mol. The third-order valence-electron chi connectivity index (χ3n) is 3.23. The molecule has 0 unspecified atom stereocenters. The van der Waals surface area contributed by atoms with Gasteiger partial charge in [-0.25, -0.2) is 14.6 Å². The molecule has 1 heterocycles. The first kappa shape index (κ1) is 21.7. The summed E-state index contributed by atoms with van der Waals surface area (Å²) in [6, 6.07) is 0. The van der Waals surface area contributed by atoms with Crippen LogP contribution in [0.2, 0.25) is 0 Å². The molecule has 1 aromatic rings. The summed E-state index contributed by atoms with van der Waals surface area (Å²) in [5.74, 6) is -3.61. The van der Waals surface area contributed by atoms with E-state index < -0.39 is 64.7 Å². The second-order valence-electron chi connectivity index (χ2n) is 5.61. The Morgan fingerprint density at radius 3 is 1.46 bits per heavy atom. The highest BCUT2D eigenvalue weighted by molar-refractivity contribution is 5.99. The summed E-state index contributed by atoms with van der Waals surface area (Å²) in [5, 5.41) is 0. The molecule has 0 saturated heterocycles. The Balaban J connectivity index is 4.15. The van der Waals surface area contributed by atoms with Crippen molar-refractivity contribution in [2.75, 3.05) is 14.2 Å². The summed E-state index contributed by atoms with van der Waals surface area (Å²) >= 11 is 0. The number of halogens is 6. The molecule has 0 aliphatic carbocycles. The molecular weight excluding hydrogens is 372 g/mol. The maximum absolute atomic E-state index is 13.3. The lowest BCUT2D eigenvalue weighted by molar-refractivity contribution is -0.150. The topological polar surface area (TPSA) is 65.5 Å². The van der Waals surface area contributed by atoms with E-state index in [1.165, 1.54) is 13.8 Å². The van der Waals surface area contributed by atoms with Gasteiger partial charge in [-0.05, 0) is 17.9 Å². The number of pyridine rings is 1. The number of aromatic nitrogens is 1. The van der Waals surface area contributed by atoms with Crippen LogP contribution in [0.1, 0.15) is 51.5 Å². The maximum atomic E-state index is 13.3. The van der Waals surface area contributed by atoms with Crippen molar-refractivity contribution in [3.63, 3.8) is 0 Å². The highest BCUT2D eigenvalue weighted by Crippen LogP contribution is 2.40. The van der Waals surface area contributed by atoms with Gasteiger partial charge in [0, 0.05) is 0 Å². The lowest BCUT2D eigenvalue weighted by atomic mass is 9.90. The molecule has 0 atom stereocenters. The van der Waals surface area contributed by atoms with Crippen LogP contribution < -0.4 is 0 Å². The minimum absolute atomic E-state index is 0.441. The maximum Gasteiger partial charge on any atom is 0.434 e. The van der Waals surface area contributed by atoms with Crippen LogP contribution in [-0.2, 0) is 28.2 Å². The van der Waals surface area contributed by atoms with Crippen LogP contribution in [0.25, 0.3) is 0 Å². The van der Waals surface area contributed by atoms with E-state index in [1.807, 2.05) is 0 Å². The first-order chi connectivity index (χ1) is 11.8. The number of esters is 2. The molecule has 5 nitrogen and oxygen atoms in total. The zero-order chi connectivity index (χ0) is 20.4. The summed E-state index contributed by atoms with van der Waals surface area (Å²) in [5.41, 5.74) is -7.38. The van der Waals surface area contributed by atoms with E-state index >= 15 is 0 Å². The second-order valence-corrected chi connectivity index (χ2v) is 5.61. The third kappa shape index (κ3) is 4.44. The fourth-order valence-electron chi connectivity index (χ4n) is 2.30. The molecule has 0 spiro atoms. The van der Waals surface area contributed by atoms with Gasteiger partial charge in [0.15, 0.2) is 11.4 Å². The molecule has 0 aliphatic heterocycles. The summed E-state index contributed by atoms with van der Waals surface area (Å²) in [6.45, 7) is 2.98. The predicted molar refractivity (Wildman–Crippen MR) is 75.5 cm³/mol. The van der Waals surface area contributed by atoms with Crippen LogP contribution in [0.5, 0.6) is 0 Å². The van der Waals surface area contributed by atoms with E-state index in [4.69, 9.17) is 0 Å². The third-order valence-corrected chi connectivity index (χ3v) is 3.23. The van der Waals surface area contributed by atoms with Gasteiger partial charge in [-0.15, -0.1) is 0 Å². The van der Waals surface area contributed by atoms with Gasteiger partial charge >= 0.3 is 24.3 Å². The number of hydrogen-bond donors (Lipinski definition) is 0. The molecular formula is C15H15F6NO4. The molecule has 0 amide bonds. The van der Waals surface area contributed by atoms with Gasteiger partial charge < -0.3 is 9.47 Å². The van der Waals surface area contributed by atoms with Gasteiger partial charge in [0.25, 0.3) is 0 Å². The van der Waals surface area contributed by atoms with E-state index in [2.05, 4.69) is 14.5 Å². The second kappa shape index (κ2) is 7.50. The van der Waals surface area contributed by atoms with Gasteiger partial charge in [0.2, 0.25) is 0 Å². The fraction of sp³-hybridized carbons (Fsp3) is 0.533. The van der Waals surface area contributed by atoms with Gasteiger partial charge in [0.05, 0.1) is 25.3 Å². The number of alkyl halides is 6. The summed E-state index contributed by atoms with van der Waals surface area (Å²) in [4.78, 5) is 26.4. The Hall–Kier alpha value is -2.33. The Kier molecular flexibility index (Phi) is 6.26. The van der Waals surface area contributed by atoms with Crippen molar-refractivity contribution < 1.29 is 45.4 Å². The average Bonchev–Trinajstić information content (AvgIpc) is 2.49. The lowest BCUT2D eigenvalue weighted by Crippen LogP contribution is -2.28. The van der Waals surface area contributed by atoms with Crippen LogP contribution in [0.4, 0.5) is 26.3 Å². The summed E-state index contributed by atoms with van der Waals surface area (Å²) in [6.07, 6.45) is -11.2. The van der Waals surface area contributed by atoms with Crippen molar-refractivity contribution in [2.45, 2.75) is 32.6 Å². The predicted octanol–water partition coefficient (Wildman–Crippen LogP) is 3.89. The molecule has 0 aliphatic rings. The summed E-state index contributed by atoms with van der Waals surface area (Å²) in [7, 11) is 1.52. The highest BCUT2D eigenvalue weighted by atomic mass is 19.4. The number of rotatable bonds is 4. The van der Waals surface area contributed by atoms with E-state index in [9.17, 15) is 35.9 Å². The first-order valence-corrected chi connectivity index (χ1v) is 7.13. The Labute approximate surface area is 144 Å². The number of carbonyl (C=O) groups excluding carboxylic acids is 2. The van der Waals surface area contributed by atoms with Gasteiger partial charge in [-0.3, -0.25) is 0 Å². The van der Waals surface area contributed by atoms with E-state index in [0.29, 0.717) is 0 Å². The molecule has 0 saturated carbocycles. The zero-order valence-corrected chi connectivity index (χ0v) is 14.1. The molecule has 0 fully saturated rings. The quantitative estimate of drug-likeness (QED) is 0.579. The molecule has 0 bridgehead atoms. The van der Waals surface area contributed by atoms with Crippen LogP contribution in [-0.4, -0.2) is 31.1 Å². The monoisotopic (exact) mass is 387 g/mol. The van der Waals surface area contributed by atoms with Crippen LogP contribution in [0.15, 0.2) is 0 Å². The lowest BCUT2D eigenvalue weighted by Gasteiger charge is -2.22. The minimum Gasteiger partial charge on any atom is -0.465 e. The van der Waals surface area contributed by atoms with Crippen LogP contribution in [0.3, 0.4) is 0 Å². The Bertz CT molecular complexity index is 657. The Morgan fingerprint density at radius 1 is 0.885 bits per heavy atom. The van der Waals surface area contributed by atoms with Gasteiger partial charge in [0.1, 0.15) is 0 Å². The minimum atomic E-state index is -5.39. The van der Waals surface area contributed by atoms with E-state index in [0.717, 1.165) is 14.2 Å². The molecule has 0 radical (unpaired) electrons. The molecule has 11 heteroatoms. The molecule has 1 rings (SSSR count). The van der Waals surface area contributed by atoms with E-state index in [1.54, 1.807) is 0 Å². The number of hydrogen-bond acceptors (Lipinski definition) is 5.